The molecular weight excluding hydrogens is 139 g/mol. The van der Waals surface area contributed by atoms with Gasteiger partial charge in [0.25, 0.3) is 0 Å². The summed E-state index contributed by atoms with van der Waals surface area (Å²) in [6.45, 7) is 0. The second-order valence-corrected chi connectivity index (χ2v) is 0. The van der Waals surface area contributed by atoms with Crippen LogP contribution in [-0.4, -0.2) is 0 Å². The van der Waals surface area contributed by atoms with Gasteiger partial charge < -0.3 is 14.1 Å². The van der Waals surface area contributed by atoms with E-state index in [-0.39, 0.29) is 60.4 Å². The fourth-order valence-corrected chi connectivity index (χ4v) is 0. The van der Waals surface area contributed by atoms with Crippen molar-refractivity contribution in [2.24, 2.45) is 0 Å². The Balaban J connectivity index is 0. The maximum Gasteiger partial charge on any atom is 2.00 e. The third kappa shape index (κ3) is 34.2. The summed E-state index contributed by atoms with van der Waals surface area (Å²) in [4.78, 5) is 0. The van der Waals surface area contributed by atoms with E-state index in [1.54, 1.807) is 0 Å². The molecule has 0 aromatic rings. The van der Waals surface area contributed by atoms with Crippen LogP contribution in [0.25, 0.3) is 0 Å². The molecule has 0 rings (SSSR count). The zero-order chi connectivity index (χ0) is 0. The van der Waals surface area contributed by atoms with Crippen LogP contribution < -0.4 is 43.7 Å². The van der Waals surface area contributed by atoms with Gasteiger partial charge in [-0.25, -0.2) is 0 Å². The van der Waals surface area contributed by atoms with Crippen molar-refractivity contribution in [1.29, 1.82) is 0 Å². The molecule has 1 radical (unpaired) electrons. The molecule has 0 amide bonds. The molecule has 0 nitrogen and oxygen atoms in total. The third-order valence-electron chi connectivity index (χ3n) is 0. The first-order chi connectivity index (χ1) is 0. The van der Waals surface area contributed by atoms with Gasteiger partial charge in [-0.05, 0) is 0 Å². The van der Waals surface area contributed by atoms with Crippen molar-refractivity contribution in [1.82, 2.24) is 0 Å². The van der Waals surface area contributed by atoms with Crippen molar-refractivity contribution in [3.8, 4) is 0 Å². The van der Waals surface area contributed by atoms with Gasteiger partial charge in [0.05, 0.1) is 0 Å². The van der Waals surface area contributed by atoms with E-state index >= 15 is 0 Å². The Bertz CT molecular complexity index is 6.85. The topological polar surface area (TPSA) is 0 Å². The first-order valence-corrected chi connectivity index (χ1v) is 0. The Morgan fingerprint density at radius 3 is 0.600 bits per heavy atom. The zero-order valence-electron chi connectivity index (χ0n) is 2.47. The molecule has 0 aliphatic heterocycles. The van der Waals surface area contributed by atoms with Crippen LogP contribution in [0.1, 0.15) is 0 Å². The van der Waals surface area contributed by atoms with Crippen molar-refractivity contribution in [3.05, 3.63) is 0 Å². The van der Waals surface area contributed by atoms with Crippen LogP contribution in [0, 0.1) is 0 Å². The number of rotatable bonds is 0. The summed E-state index contributed by atoms with van der Waals surface area (Å²) < 4.78 is 0. The maximum absolute atomic E-state index is 0. The van der Waals surface area contributed by atoms with Gasteiger partial charge in [0.1, 0.15) is 0 Å². The Morgan fingerprint density at radius 1 is 0.600 bits per heavy atom. The van der Waals surface area contributed by atoms with E-state index in [0.29, 0.717) is 0 Å². The van der Waals surface area contributed by atoms with Gasteiger partial charge >= 0.3 is 46.3 Å². The smallest absolute Gasteiger partial charge is 1.00 e. The maximum atomic E-state index is 0. The van der Waals surface area contributed by atoms with Crippen LogP contribution in [0.3, 0.4) is 0 Å². The quantitative estimate of drug-likeness (QED) is 0.292. The molecule has 0 N–H and O–H groups in total. The molecule has 5 heavy (non-hydrogen) atoms. The molecule has 0 aromatic carbocycles. The van der Waals surface area contributed by atoms with Gasteiger partial charge in [0, 0.05) is 0 Å². The van der Waals surface area contributed by atoms with Gasteiger partial charge in [0.15, 0.2) is 0 Å². The fourth-order valence-electron chi connectivity index (χ4n) is 0. The standard InChI is InChI=1S/Co.3FH.Na/h;3*1H;/q+2;;;;+1/p-3. The summed E-state index contributed by atoms with van der Waals surface area (Å²) in [6.07, 6.45) is 0. The van der Waals surface area contributed by atoms with E-state index in [1.807, 2.05) is 0 Å². The molecular formula is CoF3Na. The van der Waals surface area contributed by atoms with E-state index in [4.69, 9.17) is 0 Å². The average molecular weight is 139 g/mol. The summed E-state index contributed by atoms with van der Waals surface area (Å²) in [5.74, 6) is 0. The Labute approximate surface area is 60.3 Å². The SMILES string of the molecule is [Co+2].[F-].[F-].[F-].[Na+]. The predicted octanol–water partition coefficient (Wildman–Crippen LogP) is -12.0. The van der Waals surface area contributed by atoms with Crippen molar-refractivity contribution in [3.63, 3.8) is 0 Å². The van der Waals surface area contributed by atoms with Crippen LogP contribution in [0.2, 0.25) is 0 Å². The first-order valence-electron chi connectivity index (χ1n) is 0. The average Bonchev–Trinajstić information content (AvgIpc) is 0. The summed E-state index contributed by atoms with van der Waals surface area (Å²) >= 11 is 0. The van der Waals surface area contributed by atoms with Crippen LogP contribution in [0.5, 0.6) is 0 Å². The molecule has 0 aromatic heterocycles. The second-order valence-electron chi connectivity index (χ2n) is 0. The van der Waals surface area contributed by atoms with Crippen LogP contribution in [0.4, 0.5) is 0 Å². The van der Waals surface area contributed by atoms with E-state index in [9.17, 15) is 0 Å². The molecule has 0 aliphatic carbocycles. The van der Waals surface area contributed by atoms with Gasteiger partial charge in [-0.1, -0.05) is 0 Å². The number of hydrogen-bond acceptors (Lipinski definition) is 0. The van der Waals surface area contributed by atoms with Crippen molar-refractivity contribution >= 4 is 0 Å². The van der Waals surface area contributed by atoms with E-state index < -0.39 is 0 Å². The summed E-state index contributed by atoms with van der Waals surface area (Å²) in [6, 6.07) is 0. The number of halogens is 3. The normalized spacial score (nSPS) is 0. The molecule has 0 bridgehead atoms. The van der Waals surface area contributed by atoms with E-state index in [0.717, 1.165) is 0 Å². The second kappa shape index (κ2) is 58.2. The first kappa shape index (κ1) is 105. The van der Waals surface area contributed by atoms with Gasteiger partial charge in [-0.3, -0.25) is 0 Å². The molecule has 5 heteroatoms. The van der Waals surface area contributed by atoms with Gasteiger partial charge in [-0.15, -0.1) is 0 Å². The van der Waals surface area contributed by atoms with E-state index in [1.165, 1.54) is 0 Å². The van der Waals surface area contributed by atoms with Crippen LogP contribution in [0.15, 0.2) is 0 Å². The number of hydrogen-bond donors (Lipinski definition) is 0. The Morgan fingerprint density at radius 2 is 0.600 bits per heavy atom. The third-order valence-corrected chi connectivity index (χ3v) is 0. The molecule has 0 heterocycles. The van der Waals surface area contributed by atoms with Crippen LogP contribution >= 0.6 is 0 Å². The monoisotopic (exact) mass is 139 g/mol. The molecule has 31 valence electrons. The minimum absolute atomic E-state index is 0. The van der Waals surface area contributed by atoms with Gasteiger partial charge in [0.2, 0.25) is 0 Å². The molecule has 0 spiro atoms. The molecule has 0 saturated heterocycles. The minimum atomic E-state index is 0. The minimum Gasteiger partial charge on any atom is -1.00 e. The summed E-state index contributed by atoms with van der Waals surface area (Å²) in [5.41, 5.74) is 0. The van der Waals surface area contributed by atoms with E-state index in [2.05, 4.69) is 0 Å². The molecule has 0 aliphatic rings. The zero-order valence-corrected chi connectivity index (χ0v) is 5.51. The summed E-state index contributed by atoms with van der Waals surface area (Å²) in [7, 11) is 0. The Kier molecular flexibility index (Phi) is 1220. The molecule has 0 saturated carbocycles. The largest absolute Gasteiger partial charge is 2.00 e. The molecule has 0 atom stereocenters. The van der Waals surface area contributed by atoms with Crippen LogP contribution in [-0.2, 0) is 16.8 Å². The Hall–Kier alpha value is 1.30. The van der Waals surface area contributed by atoms with Crippen molar-refractivity contribution in [2.45, 2.75) is 0 Å². The predicted molar refractivity (Wildman–Crippen MR) is 0 cm³/mol. The van der Waals surface area contributed by atoms with Crippen molar-refractivity contribution in [2.75, 3.05) is 0 Å². The molecule has 0 unspecified atom stereocenters. The molecule has 0 fully saturated rings. The van der Waals surface area contributed by atoms with Crippen molar-refractivity contribution < 1.29 is 60.4 Å². The fraction of sp³-hybridized carbons (Fsp3) is 0. The summed E-state index contributed by atoms with van der Waals surface area (Å²) in [5, 5.41) is 0. The van der Waals surface area contributed by atoms with Gasteiger partial charge in [-0.2, -0.15) is 0 Å².